The lowest BCUT2D eigenvalue weighted by molar-refractivity contribution is 0.523. The van der Waals surface area contributed by atoms with Crippen molar-refractivity contribution >= 4 is 11.8 Å². The van der Waals surface area contributed by atoms with Crippen LogP contribution < -0.4 is 0 Å². The molecular weight excluding hydrogens is 488 g/mol. The van der Waals surface area contributed by atoms with Crippen LogP contribution in [-0.2, 0) is 0 Å². The summed E-state index contributed by atoms with van der Waals surface area (Å²) in [4.78, 5) is 0. The third-order valence-corrected chi connectivity index (χ3v) is 10.6. The monoisotopic (exact) mass is 567 g/mol. The Hall–Kier alpha value is 0.350. The second kappa shape index (κ2) is 34.6. The van der Waals surface area contributed by atoms with Crippen molar-refractivity contribution in [2.45, 2.75) is 244 Å². The normalized spacial score (nSPS) is 13.2. The maximum absolute atomic E-state index is 2.47. The summed E-state index contributed by atoms with van der Waals surface area (Å²) in [6, 6.07) is 0. The van der Waals surface area contributed by atoms with E-state index in [1.807, 2.05) is 0 Å². The summed E-state index contributed by atoms with van der Waals surface area (Å²) >= 11 is 2.47. The van der Waals surface area contributed by atoms with Gasteiger partial charge in [0.15, 0.2) is 0 Å². The van der Waals surface area contributed by atoms with Crippen LogP contribution in [0.4, 0.5) is 0 Å². The van der Waals surface area contributed by atoms with Crippen LogP contribution in [0.1, 0.15) is 233 Å². The molecule has 0 amide bonds. The molecule has 1 heteroatoms. The molecule has 2 unspecified atom stereocenters. The summed E-state index contributed by atoms with van der Waals surface area (Å²) < 4.78 is 0. The molecule has 0 saturated heterocycles. The molecule has 0 N–H and O–H groups in total. The molecule has 0 bridgehead atoms. The van der Waals surface area contributed by atoms with Crippen LogP contribution in [0.2, 0.25) is 0 Å². The fourth-order valence-corrected chi connectivity index (χ4v) is 7.90. The Morgan fingerprint density at radius 1 is 0.256 bits per heavy atom. The average molecular weight is 567 g/mol. The highest BCUT2D eigenvalue weighted by atomic mass is 32.2. The van der Waals surface area contributed by atoms with Crippen molar-refractivity contribution in [2.24, 2.45) is 0 Å². The number of hydrogen-bond acceptors (Lipinski definition) is 1. The van der Waals surface area contributed by atoms with E-state index < -0.39 is 0 Å². The molecule has 0 rings (SSSR count). The third-order valence-electron chi connectivity index (χ3n) is 8.90. The minimum atomic E-state index is 0.940. The van der Waals surface area contributed by atoms with Crippen molar-refractivity contribution in [3.05, 3.63) is 0 Å². The smallest absolute Gasteiger partial charge is 0.00498 e. The van der Waals surface area contributed by atoms with Crippen molar-refractivity contribution in [2.75, 3.05) is 0 Å². The summed E-state index contributed by atoms with van der Waals surface area (Å²) in [5, 5.41) is 1.88. The Morgan fingerprint density at radius 2 is 0.436 bits per heavy atom. The molecule has 0 saturated carbocycles. The van der Waals surface area contributed by atoms with E-state index in [0.29, 0.717) is 0 Å². The number of unbranched alkanes of at least 4 members (excludes halogenated alkanes) is 24. The third kappa shape index (κ3) is 31.1. The largest absolute Gasteiger partial charge is 0.155 e. The SMILES string of the molecule is CCCCCCCCCCCC(CCCCCCC)SC(CCCCCCC)CCCCCCCCCCC. The van der Waals surface area contributed by atoms with E-state index in [1.54, 1.807) is 0 Å². The van der Waals surface area contributed by atoms with Gasteiger partial charge in [-0.3, -0.25) is 0 Å². The molecule has 0 aromatic rings. The maximum atomic E-state index is 2.47. The second-order valence-electron chi connectivity index (χ2n) is 13.0. The first-order chi connectivity index (χ1) is 19.3. The topological polar surface area (TPSA) is 0 Å². The first kappa shape index (κ1) is 39.4. The fraction of sp³-hybridized carbons (Fsp3) is 1.00. The van der Waals surface area contributed by atoms with Crippen LogP contribution >= 0.6 is 11.8 Å². The molecule has 0 spiro atoms. The molecule has 39 heavy (non-hydrogen) atoms. The van der Waals surface area contributed by atoms with Gasteiger partial charge in [0.05, 0.1) is 0 Å². The van der Waals surface area contributed by atoms with Gasteiger partial charge in [0.1, 0.15) is 0 Å². The molecule has 0 heterocycles. The Balaban J connectivity index is 4.52. The molecule has 0 aliphatic carbocycles. The fourth-order valence-electron chi connectivity index (χ4n) is 6.15. The average Bonchev–Trinajstić information content (AvgIpc) is 2.94. The van der Waals surface area contributed by atoms with Gasteiger partial charge in [0.25, 0.3) is 0 Å². The van der Waals surface area contributed by atoms with Crippen molar-refractivity contribution in [1.29, 1.82) is 0 Å². The van der Waals surface area contributed by atoms with Crippen LogP contribution in [0, 0.1) is 0 Å². The summed E-state index contributed by atoms with van der Waals surface area (Å²) in [6.07, 6.45) is 46.8. The van der Waals surface area contributed by atoms with Crippen molar-refractivity contribution in [1.82, 2.24) is 0 Å². The van der Waals surface area contributed by atoms with E-state index in [1.165, 1.54) is 205 Å². The molecule has 0 nitrogen and oxygen atoms in total. The summed E-state index contributed by atoms with van der Waals surface area (Å²) in [7, 11) is 0. The highest BCUT2D eigenvalue weighted by Crippen LogP contribution is 2.33. The Morgan fingerprint density at radius 3 is 0.641 bits per heavy atom. The minimum Gasteiger partial charge on any atom is -0.155 e. The van der Waals surface area contributed by atoms with Gasteiger partial charge in [-0.05, 0) is 25.7 Å². The van der Waals surface area contributed by atoms with Gasteiger partial charge < -0.3 is 0 Å². The van der Waals surface area contributed by atoms with E-state index in [-0.39, 0.29) is 0 Å². The van der Waals surface area contributed by atoms with Crippen molar-refractivity contribution in [3.63, 3.8) is 0 Å². The first-order valence-electron chi connectivity index (χ1n) is 18.9. The highest BCUT2D eigenvalue weighted by Gasteiger charge is 2.17. The summed E-state index contributed by atoms with van der Waals surface area (Å²) in [5.74, 6) is 0. The minimum absolute atomic E-state index is 0.940. The van der Waals surface area contributed by atoms with Gasteiger partial charge in [0, 0.05) is 10.5 Å². The van der Waals surface area contributed by atoms with Gasteiger partial charge in [0.2, 0.25) is 0 Å². The zero-order valence-corrected chi connectivity index (χ0v) is 29.0. The summed E-state index contributed by atoms with van der Waals surface area (Å²) in [5.41, 5.74) is 0. The summed E-state index contributed by atoms with van der Waals surface area (Å²) in [6.45, 7) is 9.34. The maximum Gasteiger partial charge on any atom is 0.00498 e. The predicted octanol–water partition coefficient (Wildman–Crippen LogP) is 15.0. The molecule has 2 atom stereocenters. The standard InChI is InChI=1S/C38H78S/c1-5-9-13-17-19-21-23-27-31-35-37(33-29-25-15-11-7-3)39-38(34-30-26-16-12-8-4)36-32-28-24-22-20-18-14-10-6-2/h37-38H,5-36H2,1-4H3. The lowest BCUT2D eigenvalue weighted by Crippen LogP contribution is -2.12. The second-order valence-corrected chi connectivity index (χ2v) is 14.6. The molecule has 0 aliphatic heterocycles. The Kier molecular flexibility index (Phi) is 34.9. The highest BCUT2D eigenvalue weighted by molar-refractivity contribution is 8.00. The quantitative estimate of drug-likeness (QED) is 0.0698. The molecule has 0 aromatic heterocycles. The van der Waals surface area contributed by atoms with Gasteiger partial charge in [-0.2, -0.15) is 11.8 Å². The van der Waals surface area contributed by atoms with Crippen LogP contribution in [0.5, 0.6) is 0 Å². The van der Waals surface area contributed by atoms with Gasteiger partial charge in [-0.25, -0.2) is 0 Å². The van der Waals surface area contributed by atoms with Crippen molar-refractivity contribution < 1.29 is 0 Å². The molecule has 0 radical (unpaired) electrons. The van der Waals surface area contributed by atoms with Gasteiger partial charge >= 0.3 is 0 Å². The number of rotatable bonds is 34. The molecule has 0 aliphatic rings. The Bertz CT molecular complexity index is 381. The zero-order valence-electron chi connectivity index (χ0n) is 28.2. The van der Waals surface area contributed by atoms with Crippen molar-refractivity contribution in [3.8, 4) is 0 Å². The van der Waals surface area contributed by atoms with E-state index >= 15 is 0 Å². The molecular formula is C38H78S. The lowest BCUT2D eigenvalue weighted by Gasteiger charge is -2.24. The first-order valence-corrected chi connectivity index (χ1v) is 19.9. The van der Waals surface area contributed by atoms with E-state index in [2.05, 4.69) is 39.5 Å². The number of thioether (sulfide) groups is 1. The zero-order chi connectivity index (χ0) is 28.5. The molecule has 0 aromatic carbocycles. The van der Waals surface area contributed by atoms with E-state index in [0.717, 1.165) is 10.5 Å². The number of hydrogen-bond donors (Lipinski definition) is 0. The Labute approximate surface area is 254 Å². The molecule has 236 valence electrons. The van der Waals surface area contributed by atoms with E-state index in [4.69, 9.17) is 0 Å². The molecule has 0 fully saturated rings. The van der Waals surface area contributed by atoms with E-state index in [9.17, 15) is 0 Å². The van der Waals surface area contributed by atoms with Crippen LogP contribution in [0.15, 0.2) is 0 Å². The van der Waals surface area contributed by atoms with Gasteiger partial charge in [-0.15, -0.1) is 0 Å². The van der Waals surface area contributed by atoms with Crippen LogP contribution in [-0.4, -0.2) is 10.5 Å². The van der Waals surface area contributed by atoms with Crippen LogP contribution in [0.3, 0.4) is 0 Å². The van der Waals surface area contributed by atoms with Gasteiger partial charge in [-0.1, -0.05) is 207 Å². The van der Waals surface area contributed by atoms with Crippen LogP contribution in [0.25, 0.3) is 0 Å². The predicted molar refractivity (Wildman–Crippen MR) is 186 cm³/mol. The lowest BCUT2D eigenvalue weighted by atomic mass is 10.0.